The van der Waals surface area contributed by atoms with E-state index in [9.17, 15) is 9.59 Å². The number of aliphatic hydroxyl groups excluding tert-OH is 1. The van der Waals surface area contributed by atoms with E-state index in [-0.39, 0.29) is 24.8 Å². The Balaban J connectivity index is 0. The number of amides is 4. The molecule has 0 aromatic heterocycles. The Bertz CT molecular complexity index is 430. The summed E-state index contributed by atoms with van der Waals surface area (Å²) in [5, 5.41) is 13.5. The lowest BCUT2D eigenvalue weighted by Gasteiger charge is -2.26. The zero-order valence-electron chi connectivity index (χ0n) is 16.4. The lowest BCUT2D eigenvalue weighted by atomic mass is 10.3. The number of carbonyl (C=O) groups is 2. The molecule has 0 aliphatic carbocycles. The highest BCUT2D eigenvalue weighted by Gasteiger charge is 2.17. The molecule has 4 amide bonds. The second kappa shape index (κ2) is 21.1. The fourth-order valence-corrected chi connectivity index (χ4v) is 2.15. The minimum Gasteiger partial charge on any atom is -0.396 e. The molecule has 2 heterocycles. The van der Waals surface area contributed by atoms with Crippen molar-refractivity contribution in [3.05, 3.63) is 0 Å². The number of nitrogens with zero attached hydrogens (tertiary/aromatic N) is 2. The standard InChI is InChI=1S/2C6H13N3O.C3H9NO.CO2/c7-2-5-9-4-1-3-8-6(9)10;7-2-1-4-9-5-3-8-6(9)10;4-2-1-3-5;2-1-3/h2*1-5,7H2,(H,8,10);5H,1-4H2;. The largest absolute Gasteiger partial charge is 0.396 e. The second-order valence-corrected chi connectivity index (χ2v) is 5.67. The van der Waals surface area contributed by atoms with Crippen molar-refractivity contribution in [1.29, 1.82) is 0 Å². The molecule has 2 fully saturated rings. The Labute approximate surface area is 165 Å². The maximum absolute atomic E-state index is 10.9. The SMILES string of the molecule is NCCCN1CCNC1=O.NCCCO.NCCN1CCCNC1=O.O=C=O. The Morgan fingerprint density at radius 2 is 1.39 bits per heavy atom. The van der Waals surface area contributed by atoms with E-state index in [2.05, 4.69) is 10.6 Å². The van der Waals surface area contributed by atoms with Crippen LogP contribution < -0.4 is 27.8 Å². The molecule has 12 nitrogen and oxygen atoms in total. The van der Waals surface area contributed by atoms with Crippen LogP contribution in [0.3, 0.4) is 0 Å². The van der Waals surface area contributed by atoms with Crippen molar-refractivity contribution in [1.82, 2.24) is 20.4 Å². The highest BCUT2D eigenvalue weighted by atomic mass is 16.3. The number of hydrogen-bond donors (Lipinski definition) is 6. The lowest BCUT2D eigenvalue weighted by Crippen LogP contribution is -2.48. The molecule has 2 aliphatic rings. The maximum Gasteiger partial charge on any atom is 0.373 e. The third-order valence-electron chi connectivity index (χ3n) is 3.51. The highest BCUT2D eigenvalue weighted by molar-refractivity contribution is 5.76. The Morgan fingerprint density at radius 3 is 1.79 bits per heavy atom. The Morgan fingerprint density at radius 1 is 0.857 bits per heavy atom. The molecule has 0 atom stereocenters. The molecule has 164 valence electrons. The molecule has 0 bridgehead atoms. The fraction of sp³-hybridized carbons (Fsp3) is 0.812. The van der Waals surface area contributed by atoms with Gasteiger partial charge in [0.2, 0.25) is 0 Å². The van der Waals surface area contributed by atoms with E-state index >= 15 is 0 Å². The van der Waals surface area contributed by atoms with Gasteiger partial charge in [0.15, 0.2) is 0 Å². The predicted octanol–water partition coefficient (Wildman–Crippen LogP) is -2.54. The summed E-state index contributed by atoms with van der Waals surface area (Å²) in [6, 6.07) is 0.0742. The first-order valence-electron chi connectivity index (χ1n) is 9.28. The highest BCUT2D eigenvalue weighted by Crippen LogP contribution is 1.97. The average molecular weight is 406 g/mol. The van der Waals surface area contributed by atoms with Gasteiger partial charge in [-0.05, 0) is 32.4 Å². The summed E-state index contributed by atoms with van der Waals surface area (Å²) in [4.78, 5) is 41.6. The van der Waals surface area contributed by atoms with Gasteiger partial charge in [0.1, 0.15) is 0 Å². The summed E-state index contributed by atoms with van der Waals surface area (Å²) in [5.41, 5.74) is 15.6. The predicted molar refractivity (Wildman–Crippen MR) is 103 cm³/mol. The van der Waals surface area contributed by atoms with Crippen molar-refractivity contribution in [3.8, 4) is 0 Å². The third kappa shape index (κ3) is 16.0. The lowest BCUT2D eigenvalue weighted by molar-refractivity contribution is -0.191. The summed E-state index contributed by atoms with van der Waals surface area (Å²) < 4.78 is 0. The summed E-state index contributed by atoms with van der Waals surface area (Å²) in [6.07, 6.45) is 2.90. The molecule has 28 heavy (non-hydrogen) atoms. The molecule has 12 heteroatoms. The van der Waals surface area contributed by atoms with E-state index in [1.54, 1.807) is 9.80 Å². The normalized spacial score (nSPS) is 14.9. The average Bonchev–Trinajstić information content (AvgIpc) is 3.09. The van der Waals surface area contributed by atoms with Crippen LogP contribution in [0.1, 0.15) is 19.3 Å². The number of rotatable bonds is 7. The number of carbonyl (C=O) groups excluding carboxylic acids is 4. The number of nitrogens with one attached hydrogen (secondary N) is 2. The van der Waals surface area contributed by atoms with Crippen molar-refractivity contribution in [2.45, 2.75) is 19.3 Å². The third-order valence-corrected chi connectivity index (χ3v) is 3.51. The molecular formula is C16H35N7O5. The number of nitrogens with two attached hydrogens (primary N) is 3. The summed E-state index contributed by atoms with van der Waals surface area (Å²) in [7, 11) is 0. The van der Waals surface area contributed by atoms with Crippen LogP contribution in [0, 0.1) is 0 Å². The number of aliphatic hydroxyl groups is 1. The van der Waals surface area contributed by atoms with Crippen LogP contribution in [0.5, 0.6) is 0 Å². The first-order valence-corrected chi connectivity index (χ1v) is 9.28. The van der Waals surface area contributed by atoms with E-state index in [0.29, 0.717) is 26.2 Å². The van der Waals surface area contributed by atoms with Crippen LogP contribution in [0.2, 0.25) is 0 Å². The first-order chi connectivity index (χ1) is 13.5. The molecule has 0 spiro atoms. The zero-order valence-corrected chi connectivity index (χ0v) is 16.4. The molecule has 0 saturated carbocycles. The van der Waals surface area contributed by atoms with Crippen molar-refractivity contribution in [2.75, 3.05) is 65.5 Å². The topological polar surface area (TPSA) is 197 Å². The fourth-order valence-electron chi connectivity index (χ4n) is 2.15. The quantitative estimate of drug-likeness (QED) is 0.266. The zero-order chi connectivity index (χ0) is 21.6. The van der Waals surface area contributed by atoms with Gasteiger partial charge in [-0.2, -0.15) is 9.59 Å². The van der Waals surface area contributed by atoms with Crippen LogP contribution in [0.25, 0.3) is 0 Å². The Hall–Kier alpha value is -2.24. The van der Waals surface area contributed by atoms with Crippen molar-refractivity contribution >= 4 is 18.2 Å². The van der Waals surface area contributed by atoms with Gasteiger partial charge in [-0.25, -0.2) is 9.59 Å². The van der Waals surface area contributed by atoms with Gasteiger partial charge in [0, 0.05) is 52.4 Å². The van der Waals surface area contributed by atoms with E-state index in [1.165, 1.54) is 0 Å². The van der Waals surface area contributed by atoms with Crippen LogP contribution in [0.15, 0.2) is 0 Å². The van der Waals surface area contributed by atoms with Gasteiger partial charge < -0.3 is 42.7 Å². The minimum absolute atomic E-state index is 0.0247. The van der Waals surface area contributed by atoms with Crippen molar-refractivity contribution in [3.63, 3.8) is 0 Å². The molecule has 0 aromatic rings. The van der Waals surface area contributed by atoms with Crippen molar-refractivity contribution in [2.24, 2.45) is 17.2 Å². The molecule has 2 rings (SSSR count). The van der Waals surface area contributed by atoms with E-state index in [0.717, 1.165) is 52.0 Å². The van der Waals surface area contributed by atoms with Gasteiger partial charge in [-0.15, -0.1) is 0 Å². The first kappa shape index (κ1) is 28.0. The molecule has 2 saturated heterocycles. The summed E-state index contributed by atoms with van der Waals surface area (Å²) in [6.45, 7) is 6.75. The van der Waals surface area contributed by atoms with Crippen LogP contribution >= 0.6 is 0 Å². The number of hydrogen-bond acceptors (Lipinski definition) is 8. The van der Waals surface area contributed by atoms with Crippen LogP contribution in [-0.4, -0.2) is 98.6 Å². The maximum atomic E-state index is 10.9. The van der Waals surface area contributed by atoms with Gasteiger partial charge >= 0.3 is 18.2 Å². The molecule has 0 aromatic carbocycles. The molecular weight excluding hydrogens is 370 g/mol. The van der Waals surface area contributed by atoms with Gasteiger partial charge in [-0.1, -0.05) is 0 Å². The Kier molecular flexibility index (Phi) is 21.0. The van der Waals surface area contributed by atoms with E-state index in [4.69, 9.17) is 31.9 Å². The van der Waals surface area contributed by atoms with Crippen molar-refractivity contribution < 1.29 is 24.3 Å². The van der Waals surface area contributed by atoms with Gasteiger partial charge in [-0.3, -0.25) is 0 Å². The summed E-state index contributed by atoms with van der Waals surface area (Å²) >= 11 is 0. The monoisotopic (exact) mass is 405 g/mol. The number of urea groups is 2. The van der Waals surface area contributed by atoms with E-state index < -0.39 is 0 Å². The van der Waals surface area contributed by atoms with Crippen LogP contribution in [0.4, 0.5) is 9.59 Å². The molecule has 0 unspecified atom stereocenters. The second-order valence-electron chi connectivity index (χ2n) is 5.67. The molecule has 9 N–H and O–H groups in total. The van der Waals surface area contributed by atoms with Gasteiger partial charge in [0.25, 0.3) is 0 Å². The summed E-state index contributed by atoms with van der Waals surface area (Å²) in [5.74, 6) is 0. The molecule has 0 radical (unpaired) electrons. The minimum atomic E-state index is 0.0247. The smallest absolute Gasteiger partial charge is 0.373 e. The molecule has 2 aliphatic heterocycles. The van der Waals surface area contributed by atoms with E-state index in [1.807, 2.05) is 0 Å². The van der Waals surface area contributed by atoms with Gasteiger partial charge in [0.05, 0.1) is 0 Å². The van der Waals surface area contributed by atoms with Crippen LogP contribution in [-0.2, 0) is 9.59 Å².